The molecule has 1 saturated heterocycles. The molecule has 1 unspecified atom stereocenters. The minimum absolute atomic E-state index is 0.0870. The zero-order chi connectivity index (χ0) is 21.2. The Balaban J connectivity index is 1.45. The number of anilines is 1. The van der Waals surface area contributed by atoms with Gasteiger partial charge in [-0.3, -0.25) is 14.7 Å². The van der Waals surface area contributed by atoms with E-state index < -0.39 is 0 Å². The van der Waals surface area contributed by atoms with Crippen LogP contribution in [0.3, 0.4) is 0 Å². The molecule has 1 aliphatic rings. The minimum Gasteiger partial charge on any atom is -0.468 e. The lowest BCUT2D eigenvalue weighted by atomic mass is 10.1. The number of aryl methyl sites for hydroxylation is 1. The number of piperidine rings is 1. The number of pyridine rings is 1. The van der Waals surface area contributed by atoms with Crippen molar-refractivity contribution < 1.29 is 9.21 Å². The van der Waals surface area contributed by atoms with Crippen molar-refractivity contribution in [3.63, 3.8) is 0 Å². The Morgan fingerprint density at radius 3 is 2.73 bits per heavy atom. The third kappa shape index (κ3) is 6.59. The molecule has 0 aromatic carbocycles. The molecule has 0 bridgehead atoms. The lowest BCUT2D eigenvalue weighted by Crippen LogP contribution is -2.44. The van der Waals surface area contributed by atoms with E-state index >= 15 is 0 Å². The van der Waals surface area contributed by atoms with E-state index in [1.165, 1.54) is 19.3 Å². The van der Waals surface area contributed by atoms with Crippen LogP contribution in [0.4, 0.5) is 5.82 Å². The summed E-state index contributed by atoms with van der Waals surface area (Å²) in [6, 6.07) is 7.84. The molecule has 0 aliphatic carbocycles. The first-order valence-electron chi connectivity index (χ1n) is 10.6. The van der Waals surface area contributed by atoms with Gasteiger partial charge in [0.25, 0.3) is 0 Å². The topological polar surface area (TPSA) is 94.8 Å². The van der Waals surface area contributed by atoms with Gasteiger partial charge in [0.15, 0.2) is 5.96 Å². The number of likely N-dealkylation sites (tertiary alicyclic amines) is 1. The Bertz CT molecular complexity index is 798. The van der Waals surface area contributed by atoms with Gasteiger partial charge in [0.2, 0.25) is 5.91 Å². The molecule has 2 aromatic heterocycles. The third-order valence-corrected chi connectivity index (χ3v) is 5.21. The smallest absolute Gasteiger partial charge is 0.227 e. The molecule has 3 heterocycles. The van der Waals surface area contributed by atoms with Crippen LogP contribution in [0.25, 0.3) is 0 Å². The van der Waals surface area contributed by atoms with Gasteiger partial charge >= 0.3 is 0 Å². The zero-order valence-electron chi connectivity index (χ0n) is 17.9. The Morgan fingerprint density at radius 1 is 1.23 bits per heavy atom. The molecule has 3 rings (SSSR count). The Morgan fingerprint density at radius 2 is 2.07 bits per heavy atom. The fourth-order valence-corrected chi connectivity index (χ4v) is 3.58. The Hall–Kier alpha value is -2.87. The van der Waals surface area contributed by atoms with Crippen molar-refractivity contribution in [2.45, 2.75) is 38.6 Å². The Kier molecular flexibility index (Phi) is 8.26. The van der Waals surface area contributed by atoms with Crippen LogP contribution in [0.5, 0.6) is 0 Å². The van der Waals surface area contributed by atoms with Gasteiger partial charge < -0.3 is 20.4 Å². The number of furan rings is 1. The normalized spacial score (nSPS) is 16.1. The molecule has 162 valence electrons. The molecule has 0 radical (unpaired) electrons. The number of guanidine groups is 1. The lowest BCUT2D eigenvalue weighted by molar-refractivity contribution is -0.116. The summed E-state index contributed by atoms with van der Waals surface area (Å²) in [6.07, 6.45) is 7.50. The molecule has 3 N–H and O–H groups in total. The molecule has 2 aromatic rings. The summed E-state index contributed by atoms with van der Waals surface area (Å²) in [5.74, 6) is 2.11. The second kappa shape index (κ2) is 11.3. The van der Waals surface area contributed by atoms with Gasteiger partial charge in [0.05, 0.1) is 12.3 Å². The fraction of sp³-hybridized carbons (Fsp3) is 0.500. The number of hydrogen-bond donors (Lipinski definition) is 3. The molecular formula is C22H32N6O2. The number of carbonyl (C=O) groups excluding carboxylic acids is 1. The number of nitrogens with one attached hydrogen (secondary N) is 3. The molecule has 0 spiro atoms. The van der Waals surface area contributed by atoms with Crippen LogP contribution in [0, 0.1) is 6.92 Å². The van der Waals surface area contributed by atoms with Crippen LogP contribution < -0.4 is 16.0 Å². The van der Waals surface area contributed by atoms with E-state index in [4.69, 9.17) is 4.42 Å². The summed E-state index contributed by atoms with van der Waals surface area (Å²) in [6.45, 7) is 5.28. The molecule has 1 atom stereocenters. The zero-order valence-corrected chi connectivity index (χ0v) is 17.9. The van der Waals surface area contributed by atoms with Crippen molar-refractivity contribution in [2.75, 3.05) is 38.5 Å². The standard InChI is InChI=1S/C22H32N6O2/c1-17-8-9-20(25-15-17)27-21(29)10-11-24-22(23-2)26-16-18(19-7-6-14-30-19)28-12-4-3-5-13-28/h6-9,14-15,18H,3-5,10-13,16H2,1-2H3,(H2,23,24,26)(H,25,27,29). The maximum atomic E-state index is 12.1. The maximum absolute atomic E-state index is 12.1. The molecule has 8 nitrogen and oxygen atoms in total. The van der Waals surface area contributed by atoms with E-state index in [0.29, 0.717) is 31.3 Å². The van der Waals surface area contributed by atoms with Gasteiger partial charge in [-0.05, 0) is 56.6 Å². The van der Waals surface area contributed by atoms with Gasteiger partial charge in [-0.2, -0.15) is 0 Å². The summed E-state index contributed by atoms with van der Waals surface area (Å²) < 4.78 is 5.69. The van der Waals surface area contributed by atoms with Crippen LogP contribution in [-0.4, -0.2) is 55.0 Å². The lowest BCUT2D eigenvalue weighted by Gasteiger charge is -2.33. The van der Waals surface area contributed by atoms with Gasteiger partial charge in [0, 0.05) is 32.8 Å². The number of amides is 1. The largest absolute Gasteiger partial charge is 0.468 e. The highest BCUT2D eigenvalue weighted by molar-refractivity contribution is 5.90. The summed E-state index contributed by atoms with van der Waals surface area (Å²) in [7, 11) is 1.73. The van der Waals surface area contributed by atoms with Crippen molar-refractivity contribution in [3.8, 4) is 0 Å². The quantitative estimate of drug-likeness (QED) is 0.456. The molecule has 8 heteroatoms. The van der Waals surface area contributed by atoms with Crippen molar-refractivity contribution in [1.29, 1.82) is 0 Å². The van der Waals surface area contributed by atoms with Gasteiger partial charge in [-0.25, -0.2) is 4.98 Å². The minimum atomic E-state index is -0.0870. The molecule has 1 amide bonds. The first-order chi connectivity index (χ1) is 14.7. The summed E-state index contributed by atoms with van der Waals surface area (Å²) in [5.41, 5.74) is 1.06. The van der Waals surface area contributed by atoms with Crippen molar-refractivity contribution in [1.82, 2.24) is 20.5 Å². The summed E-state index contributed by atoms with van der Waals surface area (Å²) in [5, 5.41) is 9.39. The number of rotatable bonds is 8. The highest BCUT2D eigenvalue weighted by Crippen LogP contribution is 2.24. The average molecular weight is 413 g/mol. The van der Waals surface area contributed by atoms with Crippen molar-refractivity contribution in [2.24, 2.45) is 4.99 Å². The average Bonchev–Trinajstić information content (AvgIpc) is 3.29. The van der Waals surface area contributed by atoms with Crippen LogP contribution in [-0.2, 0) is 4.79 Å². The summed E-state index contributed by atoms with van der Waals surface area (Å²) in [4.78, 5) is 23.1. The van der Waals surface area contributed by atoms with E-state index in [9.17, 15) is 4.79 Å². The van der Waals surface area contributed by atoms with Crippen LogP contribution >= 0.6 is 0 Å². The van der Waals surface area contributed by atoms with Gasteiger partial charge in [0.1, 0.15) is 11.6 Å². The van der Waals surface area contributed by atoms with Crippen molar-refractivity contribution in [3.05, 3.63) is 48.0 Å². The molecular weight excluding hydrogens is 380 g/mol. The highest BCUT2D eigenvalue weighted by Gasteiger charge is 2.24. The first kappa shape index (κ1) is 21.8. The molecule has 0 saturated carbocycles. The van der Waals surface area contributed by atoms with E-state index in [2.05, 4.69) is 30.8 Å². The first-order valence-corrected chi connectivity index (χ1v) is 10.6. The molecule has 1 fully saturated rings. The van der Waals surface area contributed by atoms with Crippen LogP contribution in [0.15, 0.2) is 46.1 Å². The predicted octanol–water partition coefficient (Wildman–Crippen LogP) is 2.70. The van der Waals surface area contributed by atoms with Crippen LogP contribution in [0.1, 0.15) is 43.0 Å². The second-order valence-electron chi connectivity index (χ2n) is 7.53. The van der Waals surface area contributed by atoms with Gasteiger partial charge in [-0.1, -0.05) is 12.5 Å². The maximum Gasteiger partial charge on any atom is 0.227 e. The predicted molar refractivity (Wildman–Crippen MR) is 118 cm³/mol. The summed E-state index contributed by atoms with van der Waals surface area (Å²) >= 11 is 0. The SMILES string of the molecule is CN=C(NCCC(=O)Nc1ccc(C)cn1)NCC(c1ccco1)N1CCCCC1. The third-order valence-electron chi connectivity index (χ3n) is 5.21. The van der Waals surface area contributed by atoms with Crippen molar-refractivity contribution >= 4 is 17.7 Å². The van der Waals surface area contributed by atoms with E-state index in [0.717, 1.165) is 24.4 Å². The number of hydrogen-bond acceptors (Lipinski definition) is 5. The molecule has 1 aliphatic heterocycles. The number of carbonyl (C=O) groups is 1. The molecule has 30 heavy (non-hydrogen) atoms. The number of nitrogens with zero attached hydrogens (tertiary/aromatic N) is 3. The highest BCUT2D eigenvalue weighted by atomic mass is 16.3. The van der Waals surface area contributed by atoms with Crippen LogP contribution in [0.2, 0.25) is 0 Å². The second-order valence-corrected chi connectivity index (χ2v) is 7.53. The van der Waals surface area contributed by atoms with E-state index in [1.54, 1.807) is 25.6 Å². The fourth-order valence-electron chi connectivity index (χ4n) is 3.58. The van der Waals surface area contributed by atoms with Gasteiger partial charge in [-0.15, -0.1) is 0 Å². The Labute approximate surface area is 178 Å². The van der Waals surface area contributed by atoms with E-state index in [1.807, 2.05) is 25.1 Å². The number of aromatic nitrogens is 1. The van der Waals surface area contributed by atoms with E-state index in [-0.39, 0.29) is 11.9 Å². The number of aliphatic imine (C=N–C) groups is 1. The monoisotopic (exact) mass is 412 g/mol.